The van der Waals surface area contributed by atoms with Gasteiger partial charge < -0.3 is 19.6 Å². The Morgan fingerprint density at radius 3 is 2.70 bits per heavy atom. The second-order valence-corrected chi connectivity index (χ2v) is 11.6. The number of amides is 2. The fourth-order valence-corrected chi connectivity index (χ4v) is 8.57. The highest BCUT2D eigenvalue weighted by Crippen LogP contribution is 2.67. The largest absolute Gasteiger partial charge is 0.461 e. The summed E-state index contributed by atoms with van der Waals surface area (Å²) in [4.78, 5) is 44.7. The fraction of sp³-hybridized carbons (Fsp3) is 0.414. The Morgan fingerprint density at radius 2 is 2.00 bits per heavy atom. The molecule has 0 radical (unpaired) electrons. The van der Waals surface area contributed by atoms with Crippen LogP contribution in [-0.4, -0.2) is 69.6 Å². The highest BCUT2D eigenvalue weighted by atomic mass is 32.2. The number of carbonyl (C=O) groups is 3. The maximum atomic E-state index is 14.5. The highest BCUT2D eigenvalue weighted by molar-refractivity contribution is 8.02. The molecule has 194 valence electrons. The maximum Gasteiger partial charge on any atom is 0.311 e. The van der Waals surface area contributed by atoms with Crippen molar-refractivity contribution in [1.82, 2.24) is 4.90 Å². The Balaban J connectivity index is 1.57. The molecule has 37 heavy (non-hydrogen) atoms. The summed E-state index contributed by atoms with van der Waals surface area (Å²) in [5.74, 6) is -2.18. The molecule has 1 N–H and O–H groups in total. The van der Waals surface area contributed by atoms with Gasteiger partial charge in [-0.15, -0.1) is 18.3 Å². The number of aliphatic hydroxyl groups is 1. The summed E-state index contributed by atoms with van der Waals surface area (Å²) in [6, 6.07) is 12.4. The number of nitrogens with zero attached hydrogens (tertiary/aromatic N) is 2. The maximum absolute atomic E-state index is 14.5. The molecule has 3 fully saturated rings. The van der Waals surface area contributed by atoms with Gasteiger partial charge in [-0.2, -0.15) is 0 Å². The summed E-state index contributed by atoms with van der Waals surface area (Å²) in [5.41, 5.74) is 0.715. The summed E-state index contributed by atoms with van der Waals surface area (Å²) in [7, 11) is 0. The van der Waals surface area contributed by atoms with Gasteiger partial charge >= 0.3 is 5.97 Å². The Hall–Kier alpha value is -3.10. The van der Waals surface area contributed by atoms with Gasteiger partial charge in [-0.25, -0.2) is 0 Å². The molecule has 0 aliphatic carbocycles. The Bertz CT molecular complexity index is 1260. The van der Waals surface area contributed by atoms with Crippen LogP contribution in [0.5, 0.6) is 0 Å². The van der Waals surface area contributed by atoms with E-state index >= 15 is 0 Å². The van der Waals surface area contributed by atoms with Gasteiger partial charge in [-0.05, 0) is 42.7 Å². The molecule has 0 aromatic heterocycles. The van der Waals surface area contributed by atoms with Crippen LogP contribution in [0.2, 0.25) is 0 Å². The molecule has 2 amide bonds. The van der Waals surface area contributed by atoms with Crippen molar-refractivity contribution in [1.29, 1.82) is 0 Å². The minimum absolute atomic E-state index is 0.0782. The van der Waals surface area contributed by atoms with Crippen LogP contribution in [0.3, 0.4) is 0 Å². The molecule has 2 bridgehead atoms. The van der Waals surface area contributed by atoms with E-state index in [0.29, 0.717) is 12.1 Å². The fourth-order valence-electron chi connectivity index (χ4n) is 6.38. The van der Waals surface area contributed by atoms with Gasteiger partial charge in [0.25, 0.3) is 5.91 Å². The summed E-state index contributed by atoms with van der Waals surface area (Å²) >= 11 is 1.58. The first-order valence-electron chi connectivity index (χ1n) is 12.7. The van der Waals surface area contributed by atoms with E-state index in [1.54, 1.807) is 29.7 Å². The van der Waals surface area contributed by atoms with Crippen LogP contribution in [0.15, 0.2) is 67.8 Å². The first-order chi connectivity index (χ1) is 17.9. The number of thioether (sulfide) groups is 1. The molecule has 2 unspecified atom stereocenters. The third kappa shape index (κ3) is 3.97. The lowest BCUT2D eigenvalue weighted by Crippen LogP contribution is -2.57. The number of aliphatic hydroxyl groups excluding tert-OH is 1. The van der Waals surface area contributed by atoms with Crippen molar-refractivity contribution in [3.63, 3.8) is 0 Å². The summed E-state index contributed by atoms with van der Waals surface area (Å²) < 4.78 is 4.64. The van der Waals surface area contributed by atoms with E-state index in [1.807, 2.05) is 42.5 Å². The lowest BCUT2D eigenvalue weighted by Gasteiger charge is -2.38. The first-order valence-corrected chi connectivity index (χ1v) is 13.6. The number of anilines is 1. The number of ether oxygens (including phenoxy) is 1. The number of benzene rings is 2. The average Bonchev–Trinajstić information content (AvgIpc) is 3.56. The van der Waals surface area contributed by atoms with Crippen molar-refractivity contribution in [2.75, 3.05) is 24.7 Å². The third-order valence-corrected chi connectivity index (χ3v) is 9.90. The number of hydrogen-bond acceptors (Lipinski definition) is 6. The van der Waals surface area contributed by atoms with Gasteiger partial charge in [0.05, 0.1) is 29.2 Å². The predicted octanol–water partition coefficient (Wildman–Crippen LogP) is 3.56. The van der Waals surface area contributed by atoms with Crippen molar-refractivity contribution in [3.05, 3.63) is 67.8 Å². The molecule has 3 saturated heterocycles. The SMILES string of the molecule is C=CCOC(=O)[C@@H]1[C@@H]2CCC3(S2)C(C(=O)N(CC=C)c2ccc4ccccc4c2)N([C@H](C)CO)C(=O)[C@H]13. The van der Waals surface area contributed by atoms with Crippen LogP contribution in [0.25, 0.3) is 10.8 Å². The lowest BCUT2D eigenvalue weighted by molar-refractivity contribution is -0.153. The van der Waals surface area contributed by atoms with E-state index in [0.717, 1.165) is 17.2 Å². The minimum atomic E-state index is -0.814. The van der Waals surface area contributed by atoms with Crippen molar-refractivity contribution >= 4 is 46.0 Å². The lowest BCUT2D eigenvalue weighted by atomic mass is 9.71. The highest BCUT2D eigenvalue weighted by Gasteiger charge is 2.74. The molecule has 7 nitrogen and oxygen atoms in total. The van der Waals surface area contributed by atoms with Gasteiger partial charge in [0, 0.05) is 17.5 Å². The molecule has 0 saturated carbocycles. The zero-order valence-electron chi connectivity index (χ0n) is 20.9. The number of rotatable bonds is 9. The van der Waals surface area contributed by atoms with Crippen LogP contribution in [-0.2, 0) is 19.1 Å². The zero-order valence-corrected chi connectivity index (χ0v) is 21.7. The monoisotopic (exact) mass is 520 g/mol. The van der Waals surface area contributed by atoms with Gasteiger partial charge in [0.1, 0.15) is 12.6 Å². The smallest absolute Gasteiger partial charge is 0.311 e. The van der Waals surface area contributed by atoms with E-state index in [-0.39, 0.29) is 36.8 Å². The van der Waals surface area contributed by atoms with Crippen LogP contribution < -0.4 is 4.90 Å². The number of likely N-dealkylation sites (tertiary alicyclic amines) is 1. The third-order valence-electron chi connectivity index (χ3n) is 7.95. The second-order valence-electron chi connectivity index (χ2n) is 10.0. The quantitative estimate of drug-likeness (QED) is 0.402. The Morgan fingerprint density at radius 1 is 1.24 bits per heavy atom. The summed E-state index contributed by atoms with van der Waals surface area (Å²) in [6.07, 6.45) is 4.56. The Labute approximate surface area is 221 Å². The van der Waals surface area contributed by atoms with Crippen LogP contribution in [0.4, 0.5) is 5.69 Å². The molecule has 6 atom stereocenters. The standard InChI is InChI=1S/C29H32N2O5S/c1-4-14-30(21-11-10-19-8-6-7-9-20(19)16-21)27(34)25-29-13-12-22(37-29)23(28(35)36-15-5-2)24(29)26(33)31(25)18(3)17-32/h4-11,16,18,22-25,32H,1-2,12-15,17H2,3H3/t18-,22+,23-,24+,25?,29?/m1/s1. The van der Waals surface area contributed by atoms with E-state index in [9.17, 15) is 19.5 Å². The number of hydrogen-bond donors (Lipinski definition) is 1. The van der Waals surface area contributed by atoms with Gasteiger partial charge in [0.15, 0.2) is 0 Å². The van der Waals surface area contributed by atoms with E-state index < -0.39 is 34.6 Å². The average molecular weight is 521 g/mol. The topological polar surface area (TPSA) is 87.2 Å². The molecule has 3 aliphatic rings. The van der Waals surface area contributed by atoms with Crippen molar-refractivity contribution in [2.45, 2.75) is 41.8 Å². The van der Waals surface area contributed by atoms with Crippen molar-refractivity contribution in [2.24, 2.45) is 11.8 Å². The summed E-state index contributed by atoms with van der Waals surface area (Å²) in [6.45, 7) is 9.28. The first kappa shape index (κ1) is 25.5. The Kier molecular flexibility index (Phi) is 6.89. The normalized spacial score (nSPS) is 28.7. The van der Waals surface area contributed by atoms with Gasteiger partial charge in [0.2, 0.25) is 5.91 Å². The molecule has 2 aromatic rings. The molecular formula is C29H32N2O5S. The molecule has 8 heteroatoms. The minimum Gasteiger partial charge on any atom is -0.461 e. The molecule has 3 aliphatic heterocycles. The molecule has 3 heterocycles. The molecule has 1 spiro atoms. The van der Waals surface area contributed by atoms with Gasteiger partial charge in [-0.1, -0.05) is 49.1 Å². The number of carbonyl (C=O) groups excluding carboxylic acids is 3. The van der Waals surface area contributed by atoms with Crippen molar-refractivity contribution in [3.8, 4) is 0 Å². The molecule has 2 aromatic carbocycles. The van der Waals surface area contributed by atoms with E-state index in [4.69, 9.17) is 4.74 Å². The summed E-state index contributed by atoms with van der Waals surface area (Å²) in [5, 5.41) is 12.1. The predicted molar refractivity (Wildman–Crippen MR) is 145 cm³/mol. The van der Waals surface area contributed by atoms with E-state index in [1.165, 1.54) is 11.0 Å². The van der Waals surface area contributed by atoms with Gasteiger partial charge in [-0.3, -0.25) is 14.4 Å². The van der Waals surface area contributed by atoms with Crippen LogP contribution in [0, 0.1) is 11.8 Å². The van der Waals surface area contributed by atoms with Crippen LogP contribution >= 0.6 is 11.8 Å². The second kappa shape index (κ2) is 9.99. The zero-order chi connectivity index (χ0) is 26.3. The van der Waals surface area contributed by atoms with Crippen molar-refractivity contribution < 1.29 is 24.2 Å². The molecule has 5 rings (SSSR count). The number of fused-ring (bicyclic) bond motifs is 2. The van der Waals surface area contributed by atoms with E-state index in [2.05, 4.69) is 13.2 Å². The molecular weight excluding hydrogens is 488 g/mol. The van der Waals surface area contributed by atoms with Crippen LogP contribution in [0.1, 0.15) is 19.8 Å². The number of esters is 1.